The van der Waals surface area contributed by atoms with Crippen molar-refractivity contribution in [1.29, 1.82) is 0 Å². The zero-order chi connectivity index (χ0) is 16.9. The lowest BCUT2D eigenvalue weighted by atomic mass is 9.95. The van der Waals surface area contributed by atoms with E-state index >= 15 is 0 Å². The molecule has 1 unspecified atom stereocenters. The third-order valence-electron chi connectivity index (χ3n) is 4.16. The van der Waals surface area contributed by atoms with Crippen LogP contribution in [-0.2, 0) is 11.2 Å². The molecule has 1 amide bonds. The number of carbonyl (C=O) groups excluding carboxylic acids is 1. The molecule has 1 aromatic carbocycles. The number of carbonyl (C=O) groups is 1. The molecule has 0 fully saturated rings. The molecule has 0 radical (unpaired) electrons. The fourth-order valence-corrected chi connectivity index (χ4v) is 2.87. The number of imidazole rings is 1. The van der Waals surface area contributed by atoms with Crippen LogP contribution in [0.4, 0.5) is 4.39 Å². The lowest BCUT2D eigenvalue weighted by molar-refractivity contribution is -0.122. The first-order valence-electron chi connectivity index (χ1n) is 8.13. The quantitative estimate of drug-likeness (QED) is 0.756. The highest BCUT2D eigenvalue weighted by atomic mass is 19.1. The van der Waals surface area contributed by atoms with Crippen molar-refractivity contribution in [2.45, 2.75) is 25.7 Å². The van der Waals surface area contributed by atoms with Crippen molar-refractivity contribution in [1.82, 2.24) is 14.7 Å². The molecule has 4 nitrogen and oxygen atoms in total. The number of amides is 1. The van der Waals surface area contributed by atoms with Gasteiger partial charge in [0.2, 0.25) is 5.91 Å². The molecule has 1 atom stereocenters. The smallest absolute Gasteiger partial charge is 0.227 e. The first kappa shape index (κ1) is 16.2. The first-order chi connectivity index (χ1) is 11.7. The summed E-state index contributed by atoms with van der Waals surface area (Å²) in [5.74, 6) is 0.327. The summed E-state index contributed by atoms with van der Waals surface area (Å²) in [6.45, 7) is 2.47. The van der Waals surface area contributed by atoms with Crippen LogP contribution < -0.4 is 5.32 Å². The third-order valence-corrected chi connectivity index (χ3v) is 4.16. The van der Waals surface area contributed by atoms with E-state index in [1.807, 2.05) is 41.9 Å². The summed E-state index contributed by atoms with van der Waals surface area (Å²) < 4.78 is 15.1. The van der Waals surface area contributed by atoms with Gasteiger partial charge in [0.1, 0.15) is 11.6 Å². The van der Waals surface area contributed by atoms with E-state index in [1.165, 1.54) is 12.1 Å². The molecule has 0 spiro atoms. The molecule has 0 saturated heterocycles. The second kappa shape index (κ2) is 7.25. The van der Waals surface area contributed by atoms with E-state index in [0.717, 1.165) is 16.9 Å². The Morgan fingerprint density at radius 2 is 2.04 bits per heavy atom. The van der Waals surface area contributed by atoms with E-state index in [1.54, 1.807) is 12.1 Å². The number of rotatable bonds is 6. The van der Waals surface area contributed by atoms with Gasteiger partial charge in [-0.1, -0.05) is 25.1 Å². The minimum Gasteiger partial charge on any atom is -0.355 e. The van der Waals surface area contributed by atoms with E-state index in [-0.39, 0.29) is 17.6 Å². The summed E-state index contributed by atoms with van der Waals surface area (Å²) in [7, 11) is 0. The standard InChI is InChI=1S/C19H20FN3O/c1-2-17(14-6-8-15(20)9-7-14)19(24)21-11-10-18-22-13-16-5-3-4-12-23(16)18/h3-9,12-13,17H,2,10-11H2,1H3,(H,21,24). The highest BCUT2D eigenvalue weighted by molar-refractivity contribution is 5.83. The van der Waals surface area contributed by atoms with Crippen molar-refractivity contribution in [3.8, 4) is 0 Å². The molecular weight excluding hydrogens is 305 g/mol. The van der Waals surface area contributed by atoms with Crippen molar-refractivity contribution in [2.75, 3.05) is 6.54 Å². The molecule has 3 rings (SSSR count). The maximum absolute atomic E-state index is 13.0. The largest absolute Gasteiger partial charge is 0.355 e. The van der Waals surface area contributed by atoms with Gasteiger partial charge in [-0.3, -0.25) is 4.79 Å². The lowest BCUT2D eigenvalue weighted by Crippen LogP contribution is -2.31. The fourth-order valence-electron chi connectivity index (χ4n) is 2.87. The number of hydrogen-bond acceptors (Lipinski definition) is 2. The second-order valence-electron chi connectivity index (χ2n) is 5.72. The van der Waals surface area contributed by atoms with Gasteiger partial charge in [-0.05, 0) is 36.2 Å². The molecule has 5 heteroatoms. The van der Waals surface area contributed by atoms with Gasteiger partial charge in [0.15, 0.2) is 0 Å². The number of hydrogen-bond donors (Lipinski definition) is 1. The second-order valence-corrected chi connectivity index (χ2v) is 5.72. The monoisotopic (exact) mass is 325 g/mol. The van der Waals surface area contributed by atoms with E-state index in [0.29, 0.717) is 19.4 Å². The van der Waals surface area contributed by atoms with Crippen LogP contribution in [0.3, 0.4) is 0 Å². The normalized spacial score (nSPS) is 12.2. The van der Waals surface area contributed by atoms with E-state index in [9.17, 15) is 9.18 Å². The van der Waals surface area contributed by atoms with Gasteiger partial charge >= 0.3 is 0 Å². The van der Waals surface area contributed by atoms with Crippen LogP contribution in [0.25, 0.3) is 5.52 Å². The van der Waals surface area contributed by atoms with E-state index < -0.39 is 0 Å². The summed E-state index contributed by atoms with van der Waals surface area (Å²) in [5, 5.41) is 2.96. The molecule has 0 aliphatic heterocycles. The highest BCUT2D eigenvalue weighted by Crippen LogP contribution is 2.20. The van der Waals surface area contributed by atoms with Crippen molar-refractivity contribution in [3.05, 3.63) is 72.1 Å². The van der Waals surface area contributed by atoms with Crippen LogP contribution >= 0.6 is 0 Å². The SMILES string of the molecule is CCC(C(=O)NCCc1ncc2ccccn12)c1ccc(F)cc1. The average Bonchev–Trinajstić information content (AvgIpc) is 3.01. The Hall–Kier alpha value is -2.69. The van der Waals surface area contributed by atoms with Crippen molar-refractivity contribution >= 4 is 11.4 Å². The van der Waals surface area contributed by atoms with Gasteiger partial charge in [-0.15, -0.1) is 0 Å². The van der Waals surface area contributed by atoms with Gasteiger partial charge < -0.3 is 9.72 Å². The number of halogens is 1. The first-order valence-corrected chi connectivity index (χ1v) is 8.13. The third kappa shape index (κ3) is 3.45. The summed E-state index contributed by atoms with van der Waals surface area (Å²) in [6.07, 6.45) is 5.12. The van der Waals surface area contributed by atoms with Crippen molar-refractivity contribution in [3.63, 3.8) is 0 Å². The molecule has 0 bridgehead atoms. The summed E-state index contributed by atoms with van der Waals surface area (Å²) in [6, 6.07) is 12.0. The Morgan fingerprint density at radius 3 is 2.79 bits per heavy atom. The van der Waals surface area contributed by atoms with Gasteiger partial charge in [0, 0.05) is 19.2 Å². The van der Waals surface area contributed by atoms with Crippen LogP contribution in [0.15, 0.2) is 54.9 Å². The fraction of sp³-hybridized carbons (Fsp3) is 0.263. The zero-order valence-electron chi connectivity index (χ0n) is 13.6. The minimum absolute atomic E-state index is 0.0371. The molecule has 2 heterocycles. The average molecular weight is 325 g/mol. The predicted octanol–water partition coefficient (Wildman–Crippen LogP) is 3.33. The molecule has 2 aromatic heterocycles. The summed E-state index contributed by atoms with van der Waals surface area (Å²) in [4.78, 5) is 16.8. The zero-order valence-corrected chi connectivity index (χ0v) is 13.6. The summed E-state index contributed by atoms with van der Waals surface area (Å²) in [5.41, 5.74) is 1.87. The number of pyridine rings is 1. The van der Waals surface area contributed by atoms with Crippen LogP contribution in [0.5, 0.6) is 0 Å². The molecule has 0 aliphatic carbocycles. The highest BCUT2D eigenvalue weighted by Gasteiger charge is 2.18. The molecule has 24 heavy (non-hydrogen) atoms. The Balaban J connectivity index is 1.61. The maximum Gasteiger partial charge on any atom is 0.227 e. The van der Waals surface area contributed by atoms with Crippen molar-refractivity contribution < 1.29 is 9.18 Å². The molecule has 0 aliphatic rings. The van der Waals surface area contributed by atoms with Crippen LogP contribution in [0.2, 0.25) is 0 Å². The number of nitrogens with one attached hydrogen (secondary N) is 1. The Bertz CT molecular complexity index is 826. The number of fused-ring (bicyclic) bond motifs is 1. The molecule has 1 N–H and O–H groups in total. The van der Waals surface area contributed by atoms with Gasteiger partial charge in [-0.2, -0.15) is 0 Å². The molecule has 124 valence electrons. The van der Waals surface area contributed by atoms with Gasteiger partial charge in [0.05, 0.1) is 17.6 Å². The number of benzene rings is 1. The van der Waals surface area contributed by atoms with Crippen LogP contribution in [0.1, 0.15) is 30.7 Å². The molecular formula is C19H20FN3O. The van der Waals surface area contributed by atoms with Crippen molar-refractivity contribution in [2.24, 2.45) is 0 Å². The minimum atomic E-state index is -0.291. The van der Waals surface area contributed by atoms with E-state index in [4.69, 9.17) is 0 Å². The van der Waals surface area contributed by atoms with Gasteiger partial charge in [0.25, 0.3) is 0 Å². The maximum atomic E-state index is 13.0. The van der Waals surface area contributed by atoms with E-state index in [2.05, 4.69) is 10.3 Å². The lowest BCUT2D eigenvalue weighted by Gasteiger charge is -2.15. The van der Waals surface area contributed by atoms with Crippen LogP contribution in [0, 0.1) is 5.82 Å². The molecule has 3 aromatic rings. The van der Waals surface area contributed by atoms with Crippen LogP contribution in [-0.4, -0.2) is 21.8 Å². The Labute approximate surface area is 140 Å². The topological polar surface area (TPSA) is 46.4 Å². The molecule has 0 saturated carbocycles. The number of aromatic nitrogens is 2. The number of nitrogens with zero attached hydrogens (tertiary/aromatic N) is 2. The Morgan fingerprint density at radius 1 is 1.25 bits per heavy atom. The predicted molar refractivity (Wildman–Crippen MR) is 91.3 cm³/mol. The summed E-state index contributed by atoms with van der Waals surface area (Å²) >= 11 is 0. The Kier molecular flexibility index (Phi) is 4.89. The van der Waals surface area contributed by atoms with Gasteiger partial charge in [-0.25, -0.2) is 9.37 Å².